The summed E-state index contributed by atoms with van der Waals surface area (Å²) < 4.78 is 6.46. The average molecular weight is 473 g/mol. The number of nitrogens with zero attached hydrogens (tertiary/aromatic N) is 2. The number of furan rings is 1. The minimum Gasteiger partial charge on any atom is -0.455 e. The fourth-order valence-corrected chi connectivity index (χ4v) is 5.46. The van der Waals surface area contributed by atoms with Gasteiger partial charge in [0.25, 0.3) is 0 Å². The maximum Gasteiger partial charge on any atom is 0.145 e. The SMILES string of the molecule is c1ccc2nc(-c3ccc(-c4nc5ccccc5c5ccc6c7ccccc7oc6c45)cc3)ccc2c1. The van der Waals surface area contributed by atoms with Gasteiger partial charge in [0, 0.05) is 32.7 Å². The molecule has 0 N–H and O–H groups in total. The van der Waals surface area contributed by atoms with Crippen molar-refractivity contribution in [3.8, 4) is 22.5 Å². The van der Waals surface area contributed by atoms with Gasteiger partial charge in [0.1, 0.15) is 11.2 Å². The smallest absolute Gasteiger partial charge is 0.145 e. The molecular weight excluding hydrogens is 452 g/mol. The minimum atomic E-state index is 0.882. The molecule has 3 nitrogen and oxygen atoms in total. The zero-order chi connectivity index (χ0) is 24.3. The van der Waals surface area contributed by atoms with Gasteiger partial charge in [-0.25, -0.2) is 9.97 Å². The fraction of sp³-hybridized carbons (Fsp3) is 0. The summed E-state index contributed by atoms with van der Waals surface area (Å²) in [6.45, 7) is 0. The van der Waals surface area contributed by atoms with Crippen LogP contribution in [-0.2, 0) is 0 Å². The first kappa shape index (κ1) is 20.2. The predicted octanol–water partition coefficient (Wildman–Crippen LogP) is 9.17. The third-order valence-corrected chi connectivity index (χ3v) is 7.26. The van der Waals surface area contributed by atoms with E-state index in [0.29, 0.717) is 0 Å². The Kier molecular flexibility index (Phi) is 4.23. The molecule has 0 fully saturated rings. The third kappa shape index (κ3) is 3.08. The molecule has 0 saturated heterocycles. The Morgan fingerprint density at radius 2 is 1.16 bits per heavy atom. The maximum atomic E-state index is 6.46. The van der Waals surface area contributed by atoms with Gasteiger partial charge >= 0.3 is 0 Å². The van der Waals surface area contributed by atoms with Crippen molar-refractivity contribution in [3.63, 3.8) is 0 Å². The molecule has 0 bridgehead atoms. The van der Waals surface area contributed by atoms with Crippen LogP contribution < -0.4 is 0 Å². The standard InChI is InChI=1S/C34H20N2O/c1-4-10-28-21(7-1)17-20-29(35-28)22-13-15-23(16-14-22)33-32-26(24-8-2-5-11-30(24)36-33)18-19-27-25-9-3-6-12-31(25)37-34(27)32/h1-20H. The summed E-state index contributed by atoms with van der Waals surface area (Å²) in [5.41, 5.74) is 7.76. The van der Waals surface area contributed by atoms with Crippen LogP contribution in [0.15, 0.2) is 126 Å². The molecule has 3 aromatic heterocycles. The molecule has 5 aromatic carbocycles. The Balaban J connectivity index is 1.38. The molecule has 0 saturated carbocycles. The summed E-state index contributed by atoms with van der Waals surface area (Å²) in [5, 5.41) is 6.69. The Morgan fingerprint density at radius 1 is 0.459 bits per heavy atom. The van der Waals surface area contributed by atoms with Crippen LogP contribution in [0.3, 0.4) is 0 Å². The number of fused-ring (bicyclic) bond motifs is 8. The fourth-order valence-electron chi connectivity index (χ4n) is 5.46. The molecule has 8 rings (SSSR count). The average Bonchev–Trinajstić information content (AvgIpc) is 3.35. The lowest BCUT2D eigenvalue weighted by Crippen LogP contribution is -1.91. The largest absolute Gasteiger partial charge is 0.455 e. The molecular formula is C34H20N2O. The summed E-state index contributed by atoms with van der Waals surface area (Å²) in [4.78, 5) is 10.0. The van der Waals surface area contributed by atoms with Gasteiger partial charge in [0.05, 0.1) is 27.8 Å². The van der Waals surface area contributed by atoms with Crippen LogP contribution in [0.5, 0.6) is 0 Å². The second kappa shape index (κ2) is 7.74. The van der Waals surface area contributed by atoms with E-state index < -0.39 is 0 Å². The molecule has 37 heavy (non-hydrogen) atoms. The van der Waals surface area contributed by atoms with Crippen LogP contribution in [0.4, 0.5) is 0 Å². The van der Waals surface area contributed by atoms with Crippen molar-refractivity contribution >= 4 is 54.5 Å². The highest BCUT2D eigenvalue weighted by molar-refractivity contribution is 6.23. The lowest BCUT2D eigenvalue weighted by Gasteiger charge is -2.11. The number of pyridine rings is 2. The van der Waals surface area contributed by atoms with Crippen LogP contribution in [-0.4, -0.2) is 9.97 Å². The monoisotopic (exact) mass is 472 g/mol. The number of aromatic nitrogens is 2. The van der Waals surface area contributed by atoms with Gasteiger partial charge in [-0.3, -0.25) is 0 Å². The molecule has 0 aliphatic heterocycles. The maximum absolute atomic E-state index is 6.46. The summed E-state index contributed by atoms with van der Waals surface area (Å²) in [5.74, 6) is 0. The minimum absolute atomic E-state index is 0.882. The van der Waals surface area contributed by atoms with Gasteiger partial charge in [0.2, 0.25) is 0 Å². The van der Waals surface area contributed by atoms with Crippen molar-refractivity contribution < 1.29 is 4.42 Å². The number of hydrogen-bond donors (Lipinski definition) is 0. The second-order valence-corrected chi connectivity index (χ2v) is 9.41. The van der Waals surface area contributed by atoms with Gasteiger partial charge in [-0.2, -0.15) is 0 Å². The number of benzene rings is 5. The second-order valence-electron chi connectivity index (χ2n) is 9.41. The summed E-state index contributed by atoms with van der Waals surface area (Å²) in [6, 6.07) is 41.9. The zero-order valence-corrected chi connectivity index (χ0v) is 19.8. The highest BCUT2D eigenvalue weighted by Crippen LogP contribution is 2.41. The first-order valence-corrected chi connectivity index (χ1v) is 12.4. The summed E-state index contributed by atoms with van der Waals surface area (Å²) in [7, 11) is 0. The van der Waals surface area contributed by atoms with E-state index in [4.69, 9.17) is 14.4 Å². The van der Waals surface area contributed by atoms with Gasteiger partial charge in [-0.15, -0.1) is 0 Å². The molecule has 3 heteroatoms. The number of rotatable bonds is 2. The van der Waals surface area contributed by atoms with Crippen molar-refractivity contribution in [1.82, 2.24) is 9.97 Å². The van der Waals surface area contributed by atoms with E-state index in [9.17, 15) is 0 Å². The van der Waals surface area contributed by atoms with Crippen LogP contribution in [0, 0.1) is 0 Å². The quantitative estimate of drug-likeness (QED) is 0.235. The zero-order valence-electron chi connectivity index (χ0n) is 19.8. The normalized spacial score (nSPS) is 11.8. The topological polar surface area (TPSA) is 38.9 Å². The molecule has 0 aliphatic carbocycles. The van der Waals surface area contributed by atoms with Crippen molar-refractivity contribution in [3.05, 3.63) is 121 Å². The van der Waals surface area contributed by atoms with Crippen molar-refractivity contribution in [1.29, 1.82) is 0 Å². The van der Waals surface area contributed by atoms with Crippen molar-refractivity contribution in [2.75, 3.05) is 0 Å². The van der Waals surface area contributed by atoms with Gasteiger partial charge in [-0.05, 0) is 35.7 Å². The molecule has 8 aromatic rings. The number of hydrogen-bond acceptors (Lipinski definition) is 3. The summed E-state index contributed by atoms with van der Waals surface area (Å²) in [6.07, 6.45) is 0. The van der Waals surface area contributed by atoms with Crippen LogP contribution in [0.1, 0.15) is 0 Å². The number of para-hydroxylation sites is 3. The molecule has 0 unspecified atom stereocenters. The van der Waals surface area contributed by atoms with Crippen molar-refractivity contribution in [2.24, 2.45) is 0 Å². The first-order chi connectivity index (χ1) is 18.3. The van der Waals surface area contributed by atoms with Gasteiger partial charge in [0.15, 0.2) is 0 Å². The molecule has 0 spiro atoms. The molecule has 172 valence electrons. The van der Waals surface area contributed by atoms with Crippen LogP contribution in [0.25, 0.3) is 77.0 Å². The Morgan fingerprint density at radius 3 is 2.05 bits per heavy atom. The molecule has 0 atom stereocenters. The molecule has 0 aliphatic rings. The van der Waals surface area contributed by atoms with E-state index in [0.717, 1.165) is 77.0 Å². The van der Waals surface area contributed by atoms with E-state index in [-0.39, 0.29) is 0 Å². The van der Waals surface area contributed by atoms with Crippen LogP contribution in [0.2, 0.25) is 0 Å². The Hall–Kier alpha value is -5.02. The van der Waals surface area contributed by atoms with Crippen molar-refractivity contribution in [2.45, 2.75) is 0 Å². The predicted molar refractivity (Wildman–Crippen MR) is 153 cm³/mol. The first-order valence-electron chi connectivity index (χ1n) is 12.4. The van der Waals surface area contributed by atoms with E-state index in [2.05, 4.69) is 91.0 Å². The van der Waals surface area contributed by atoms with E-state index in [1.807, 2.05) is 30.3 Å². The van der Waals surface area contributed by atoms with Gasteiger partial charge < -0.3 is 4.42 Å². The molecule has 3 heterocycles. The van der Waals surface area contributed by atoms with E-state index >= 15 is 0 Å². The van der Waals surface area contributed by atoms with E-state index in [1.165, 1.54) is 0 Å². The lowest BCUT2D eigenvalue weighted by atomic mass is 9.97. The lowest BCUT2D eigenvalue weighted by molar-refractivity contribution is 0.672. The van der Waals surface area contributed by atoms with Gasteiger partial charge in [-0.1, -0.05) is 91.0 Å². The molecule has 0 radical (unpaired) electrons. The Bertz CT molecular complexity index is 2140. The van der Waals surface area contributed by atoms with E-state index in [1.54, 1.807) is 0 Å². The third-order valence-electron chi connectivity index (χ3n) is 7.26. The Labute approximate surface area is 212 Å². The van der Waals surface area contributed by atoms with Crippen LogP contribution >= 0.6 is 0 Å². The summed E-state index contributed by atoms with van der Waals surface area (Å²) >= 11 is 0. The highest BCUT2D eigenvalue weighted by Gasteiger charge is 2.17. The molecule has 0 amide bonds. The highest BCUT2D eigenvalue weighted by atomic mass is 16.3.